The zero-order valence-corrected chi connectivity index (χ0v) is 18.5. The fourth-order valence-electron chi connectivity index (χ4n) is 3.09. The largest absolute Gasteiger partial charge is 0.493 e. The number of carbonyl (C=O) groups is 1. The van der Waals surface area contributed by atoms with Gasteiger partial charge in [0.2, 0.25) is 5.88 Å². The molecular weight excluding hydrogens is 453 g/mol. The third kappa shape index (κ3) is 4.80. The Morgan fingerprint density at radius 1 is 1.06 bits per heavy atom. The molecule has 0 aliphatic rings. The van der Waals surface area contributed by atoms with E-state index in [1.807, 2.05) is 6.07 Å². The zero-order chi connectivity index (χ0) is 23.4. The minimum absolute atomic E-state index is 0.0378. The summed E-state index contributed by atoms with van der Waals surface area (Å²) in [7, 11) is 3.11. The second-order valence-corrected chi connectivity index (χ2v) is 7.17. The van der Waals surface area contributed by atoms with Gasteiger partial charge in [-0.2, -0.15) is 4.52 Å². The van der Waals surface area contributed by atoms with E-state index in [4.69, 9.17) is 25.8 Å². The number of halogens is 2. The highest BCUT2D eigenvalue weighted by molar-refractivity contribution is 6.33. The van der Waals surface area contributed by atoms with E-state index in [2.05, 4.69) is 20.6 Å². The van der Waals surface area contributed by atoms with Crippen molar-refractivity contribution in [2.75, 3.05) is 27.4 Å². The van der Waals surface area contributed by atoms with E-state index in [0.29, 0.717) is 28.9 Å². The van der Waals surface area contributed by atoms with Crippen LogP contribution < -0.4 is 19.5 Å². The number of fused-ring (bicyclic) bond motifs is 1. The molecule has 0 radical (unpaired) electrons. The van der Waals surface area contributed by atoms with Crippen molar-refractivity contribution in [3.63, 3.8) is 0 Å². The molecule has 2 aromatic carbocycles. The van der Waals surface area contributed by atoms with Crippen LogP contribution in [-0.4, -0.2) is 53.1 Å². The Labute approximate surface area is 193 Å². The summed E-state index contributed by atoms with van der Waals surface area (Å²) in [6, 6.07) is 12.3. The molecule has 0 aliphatic heterocycles. The highest BCUT2D eigenvalue weighted by Gasteiger charge is 2.14. The first-order valence-electron chi connectivity index (χ1n) is 9.81. The molecule has 1 N–H and O–H groups in total. The molecule has 2 aromatic heterocycles. The van der Waals surface area contributed by atoms with E-state index in [1.54, 1.807) is 43.0 Å². The van der Waals surface area contributed by atoms with Gasteiger partial charge < -0.3 is 19.5 Å². The normalized spacial score (nSPS) is 10.8. The summed E-state index contributed by atoms with van der Waals surface area (Å²) in [6.07, 6.45) is 0. The molecule has 0 unspecified atom stereocenters. The smallest absolute Gasteiger partial charge is 0.252 e. The summed E-state index contributed by atoms with van der Waals surface area (Å²) < 4.78 is 31.0. The van der Waals surface area contributed by atoms with Crippen molar-refractivity contribution in [2.45, 2.75) is 0 Å². The van der Waals surface area contributed by atoms with Gasteiger partial charge in [-0.25, -0.2) is 4.39 Å². The standard InChI is InChI=1S/C22H19ClFN5O4/c1-31-17-6-3-13(11-18(17)32-2)21-27-26-19-7-8-20(28-29(19)21)33-10-9-25-22(30)15-5-4-14(24)12-16(15)23/h3-8,11-12H,9-10H2,1-2H3,(H,25,30). The fraction of sp³-hybridized carbons (Fsp3) is 0.182. The lowest BCUT2D eigenvalue weighted by Gasteiger charge is -2.09. The molecule has 2 heterocycles. The molecule has 9 nitrogen and oxygen atoms in total. The Morgan fingerprint density at radius 2 is 1.88 bits per heavy atom. The summed E-state index contributed by atoms with van der Waals surface area (Å²) in [6.45, 7) is 0.341. The van der Waals surface area contributed by atoms with Crippen LogP contribution in [0.4, 0.5) is 4.39 Å². The Bertz CT molecular complexity index is 1310. The van der Waals surface area contributed by atoms with E-state index >= 15 is 0 Å². The first kappa shape index (κ1) is 22.3. The number of rotatable bonds is 8. The highest BCUT2D eigenvalue weighted by Crippen LogP contribution is 2.31. The minimum Gasteiger partial charge on any atom is -0.493 e. The lowest BCUT2D eigenvalue weighted by atomic mass is 10.2. The second kappa shape index (κ2) is 9.70. The van der Waals surface area contributed by atoms with E-state index in [0.717, 1.165) is 11.6 Å². The molecular formula is C22H19ClFN5O4. The molecule has 11 heteroatoms. The maximum atomic E-state index is 13.1. The third-order valence-electron chi connectivity index (χ3n) is 4.69. The van der Waals surface area contributed by atoms with E-state index < -0.39 is 11.7 Å². The van der Waals surface area contributed by atoms with Crippen LogP contribution in [0, 0.1) is 5.82 Å². The number of carbonyl (C=O) groups excluding carboxylic acids is 1. The average Bonchev–Trinajstić information content (AvgIpc) is 3.24. The number of aromatic nitrogens is 4. The van der Waals surface area contributed by atoms with Crippen molar-refractivity contribution in [3.05, 3.63) is 64.9 Å². The molecule has 1 amide bonds. The van der Waals surface area contributed by atoms with Crippen LogP contribution in [0.15, 0.2) is 48.5 Å². The lowest BCUT2D eigenvalue weighted by Crippen LogP contribution is -2.28. The molecule has 0 fully saturated rings. The van der Waals surface area contributed by atoms with Crippen LogP contribution in [0.3, 0.4) is 0 Å². The van der Waals surface area contributed by atoms with Crippen LogP contribution in [0.5, 0.6) is 17.4 Å². The van der Waals surface area contributed by atoms with Crippen molar-refractivity contribution < 1.29 is 23.4 Å². The van der Waals surface area contributed by atoms with Crippen LogP contribution >= 0.6 is 11.6 Å². The van der Waals surface area contributed by atoms with Crippen LogP contribution in [0.1, 0.15) is 10.4 Å². The van der Waals surface area contributed by atoms with Crippen molar-refractivity contribution in [1.29, 1.82) is 0 Å². The van der Waals surface area contributed by atoms with E-state index in [9.17, 15) is 9.18 Å². The molecule has 0 saturated heterocycles. The molecule has 0 aliphatic carbocycles. The number of nitrogens with one attached hydrogen (secondary N) is 1. The molecule has 4 aromatic rings. The number of ether oxygens (including phenoxy) is 3. The predicted octanol–water partition coefficient (Wildman–Crippen LogP) is 3.41. The van der Waals surface area contributed by atoms with Crippen LogP contribution in [0.25, 0.3) is 17.0 Å². The summed E-state index contributed by atoms with van der Waals surface area (Å²) in [5, 5.41) is 15.5. The van der Waals surface area contributed by atoms with Gasteiger partial charge in [-0.05, 0) is 42.5 Å². The van der Waals surface area contributed by atoms with Gasteiger partial charge >= 0.3 is 0 Å². The third-order valence-corrected chi connectivity index (χ3v) is 5.01. The first-order chi connectivity index (χ1) is 16.0. The molecule has 4 rings (SSSR count). The second-order valence-electron chi connectivity index (χ2n) is 6.76. The van der Waals surface area contributed by atoms with Gasteiger partial charge in [0, 0.05) is 11.6 Å². The van der Waals surface area contributed by atoms with Crippen molar-refractivity contribution >= 4 is 23.2 Å². The number of hydrogen-bond acceptors (Lipinski definition) is 7. The topological polar surface area (TPSA) is 99.9 Å². The highest BCUT2D eigenvalue weighted by atomic mass is 35.5. The van der Waals surface area contributed by atoms with Crippen LogP contribution in [0.2, 0.25) is 5.02 Å². The van der Waals surface area contributed by atoms with Gasteiger partial charge in [0.05, 0.1) is 31.4 Å². The number of methoxy groups -OCH3 is 2. The number of amides is 1. The Hall–Kier alpha value is -3.92. The minimum atomic E-state index is -0.511. The maximum Gasteiger partial charge on any atom is 0.252 e. The van der Waals surface area contributed by atoms with Gasteiger partial charge in [0.15, 0.2) is 23.0 Å². The Kier molecular flexibility index (Phi) is 6.55. The lowest BCUT2D eigenvalue weighted by molar-refractivity contribution is 0.0946. The molecule has 0 atom stereocenters. The van der Waals surface area contributed by atoms with Crippen LogP contribution in [-0.2, 0) is 0 Å². The van der Waals surface area contributed by atoms with Crippen molar-refractivity contribution in [3.8, 4) is 28.8 Å². The summed E-state index contributed by atoms with van der Waals surface area (Å²) >= 11 is 5.91. The SMILES string of the molecule is COc1ccc(-c2nnc3ccc(OCCNC(=O)c4ccc(F)cc4Cl)nn23)cc1OC. The molecule has 33 heavy (non-hydrogen) atoms. The molecule has 170 valence electrons. The van der Waals surface area contributed by atoms with Crippen molar-refractivity contribution in [2.24, 2.45) is 0 Å². The fourth-order valence-corrected chi connectivity index (χ4v) is 3.35. The van der Waals surface area contributed by atoms with E-state index in [-0.39, 0.29) is 23.7 Å². The average molecular weight is 472 g/mol. The predicted molar refractivity (Wildman–Crippen MR) is 119 cm³/mol. The van der Waals surface area contributed by atoms with Gasteiger partial charge in [-0.3, -0.25) is 4.79 Å². The maximum absolute atomic E-state index is 13.1. The number of nitrogens with zero attached hydrogens (tertiary/aromatic N) is 4. The number of benzene rings is 2. The quantitative estimate of drug-likeness (QED) is 0.393. The summed E-state index contributed by atoms with van der Waals surface area (Å²) in [4.78, 5) is 12.2. The van der Waals surface area contributed by atoms with Gasteiger partial charge in [0.1, 0.15) is 12.4 Å². The van der Waals surface area contributed by atoms with E-state index in [1.165, 1.54) is 12.1 Å². The molecule has 0 bridgehead atoms. The Morgan fingerprint density at radius 3 is 2.64 bits per heavy atom. The molecule has 0 saturated carbocycles. The monoisotopic (exact) mass is 471 g/mol. The Balaban J connectivity index is 1.44. The first-order valence-corrected chi connectivity index (χ1v) is 10.2. The zero-order valence-electron chi connectivity index (χ0n) is 17.7. The number of hydrogen-bond donors (Lipinski definition) is 1. The summed E-state index contributed by atoms with van der Waals surface area (Å²) in [5.74, 6) is 1.02. The van der Waals surface area contributed by atoms with Gasteiger partial charge in [-0.15, -0.1) is 15.3 Å². The summed E-state index contributed by atoms with van der Waals surface area (Å²) in [5.41, 5.74) is 1.45. The van der Waals surface area contributed by atoms with Gasteiger partial charge in [0.25, 0.3) is 5.91 Å². The van der Waals surface area contributed by atoms with Gasteiger partial charge in [-0.1, -0.05) is 11.6 Å². The van der Waals surface area contributed by atoms with Crippen molar-refractivity contribution in [1.82, 2.24) is 25.1 Å². The molecule has 0 spiro atoms.